The summed E-state index contributed by atoms with van der Waals surface area (Å²) in [5.41, 5.74) is -0.648. The van der Waals surface area contributed by atoms with Crippen LogP contribution in [0.5, 0.6) is 0 Å². The van der Waals surface area contributed by atoms with Gasteiger partial charge in [-0.05, 0) is 20.3 Å². The maximum Gasteiger partial charge on any atom is 0.147 e. The normalized spacial score (nSPS) is 24.7. The van der Waals surface area contributed by atoms with Crippen LogP contribution in [0.2, 0.25) is 0 Å². The fraction of sp³-hybridized carbons (Fsp3) is 1.00. The lowest BCUT2D eigenvalue weighted by Crippen LogP contribution is -2.40. The zero-order valence-corrected chi connectivity index (χ0v) is 8.38. The van der Waals surface area contributed by atoms with E-state index in [1.54, 1.807) is 13.8 Å². The van der Waals surface area contributed by atoms with Crippen molar-refractivity contribution >= 4 is 0 Å². The van der Waals surface area contributed by atoms with Crippen LogP contribution in [0.1, 0.15) is 20.3 Å². The Kier molecular flexibility index (Phi) is 4.12. The third-order valence-electron chi connectivity index (χ3n) is 1.90. The number of hydrogen-bond acceptors (Lipinski definition) is 4. The second kappa shape index (κ2) is 4.91. The molecular weight excluding hydrogens is 170 g/mol. The maximum atomic E-state index is 9.42. The molecule has 1 unspecified atom stereocenters. The van der Waals surface area contributed by atoms with E-state index in [-0.39, 0.29) is 6.10 Å². The third kappa shape index (κ3) is 5.21. The smallest absolute Gasteiger partial charge is 0.147 e. The third-order valence-corrected chi connectivity index (χ3v) is 1.90. The van der Waals surface area contributed by atoms with Crippen LogP contribution in [-0.4, -0.2) is 43.3 Å². The molecule has 0 saturated carbocycles. The van der Waals surface area contributed by atoms with Gasteiger partial charge in [0.05, 0.1) is 18.3 Å². The Hall–Kier alpha value is -0.160. The molecule has 0 amide bonds. The first-order valence-corrected chi connectivity index (χ1v) is 4.70. The first kappa shape index (κ1) is 10.9. The molecule has 1 heterocycles. The fourth-order valence-electron chi connectivity index (χ4n) is 1.20. The first-order valence-electron chi connectivity index (χ1n) is 4.70. The molecule has 0 aromatic carbocycles. The number of ether oxygens (including phenoxy) is 2. The summed E-state index contributed by atoms with van der Waals surface area (Å²) in [5, 5.41) is 12.6. The van der Waals surface area contributed by atoms with E-state index in [0.717, 1.165) is 19.6 Å². The summed E-state index contributed by atoms with van der Waals surface area (Å²) in [7, 11) is 0. The zero-order valence-electron chi connectivity index (χ0n) is 8.38. The highest BCUT2D eigenvalue weighted by Crippen LogP contribution is 2.05. The summed E-state index contributed by atoms with van der Waals surface area (Å²) in [5.74, 6) is 0. The van der Waals surface area contributed by atoms with Crippen molar-refractivity contribution in [3.63, 3.8) is 0 Å². The van der Waals surface area contributed by atoms with Crippen molar-refractivity contribution in [1.29, 1.82) is 0 Å². The molecule has 4 heteroatoms. The van der Waals surface area contributed by atoms with Crippen LogP contribution in [0, 0.1) is 0 Å². The Bertz CT molecular complexity index is 138. The van der Waals surface area contributed by atoms with Crippen LogP contribution in [-0.2, 0) is 9.47 Å². The minimum atomic E-state index is -0.648. The molecule has 1 saturated heterocycles. The Balaban J connectivity index is 2.04. The number of hydrogen-bond donors (Lipinski definition) is 2. The van der Waals surface area contributed by atoms with E-state index in [1.165, 1.54) is 0 Å². The Morgan fingerprint density at radius 1 is 1.54 bits per heavy atom. The highest BCUT2D eigenvalue weighted by Gasteiger charge is 2.16. The largest absolute Gasteiger partial charge is 0.389 e. The van der Waals surface area contributed by atoms with Crippen LogP contribution >= 0.6 is 0 Å². The molecule has 4 nitrogen and oxygen atoms in total. The highest BCUT2D eigenvalue weighted by atomic mass is 16.7. The van der Waals surface area contributed by atoms with Crippen molar-refractivity contribution < 1.29 is 14.6 Å². The van der Waals surface area contributed by atoms with E-state index in [1.807, 2.05) is 0 Å². The minimum Gasteiger partial charge on any atom is -0.389 e. The second-order valence-electron chi connectivity index (χ2n) is 4.05. The van der Waals surface area contributed by atoms with Gasteiger partial charge < -0.3 is 19.9 Å². The van der Waals surface area contributed by atoms with E-state index >= 15 is 0 Å². The van der Waals surface area contributed by atoms with Crippen molar-refractivity contribution in [2.75, 3.05) is 26.5 Å². The van der Waals surface area contributed by atoms with Gasteiger partial charge in [-0.3, -0.25) is 0 Å². The number of nitrogens with one attached hydrogen (secondary N) is 1. The lowest BCUT2D eigenvalue weighted by molar-refractivity contribution is -0.137. The molecule has 13 heavy (non-hydrogen) atoms. The van der Waals surface area contributed by atoms with Crippen molar-refractivity contribution in [2.45, 2.75) is 32.0 Å². The molecule has 2 N–H and O–H groups in total. The quantitative estimate of drug-likeness (QED) is 0.659. The summed E-state index contributed by atoms with van der Waals surface area (Å²) < 4.78 is 10.4. The van der Waals surface area contributed by atoms with Gasteiger partial charge in [-0.1, -0.05) is 0 Å². The van der Waals surface area contributed by atoms with E-state index in [0.29, 0.717) is 13.3 Å². The van der Waals surface area contributed by atoms with Crippen molar-refractivity contribution in [2.24, 2.45) is 0 Å². The maximum absolute atomic E-state index is 9.42. The Morgan fingerprint density at radius 2 is 2.31 bits per heavy atom. The molecule has 1 atom stereocenters. The first-order chi connectivity index (χ1) is 6.08. The Labute approximate surface area is 79.2 Å². The van der Waals surface area contributed by atoms with E-state index < -0.39 is 5.60 Å². The van der Waals surface area contributed by atoms with Gasteiger partial charge in [-0.15, -0.1) is 0 Å². The van der Waals surface area contributed by atoms with Gasteiger partial charge in [0.15, 0.2) is 0 Å². The van der Waals surface area contributed by atoms with Gasteiger partial charge in [0.2, 0.25) is 0 Å². The van der Waals surface area contributed by atoms with Gasteiger partial charge in [0.1, 0.15) is 6.79 Å². The molecular formula is C9H19NO3. The minimum absolute atomic E-state index is 0.232. The van der Waals surface area contributed by atoms with Crippen LogP contribution in [0.3, 0.4) is 0 Å². The Morgan fingerprint density at radius 3 is 2.85 bits per heavy atom. The van der Waals surface area contributed by atoms with Gasteiger partial charge >= 0.3 is 0 Å². The molecule has 1 fully saturated rings. The summed E-state index contributed by atoms with van der Waals surface area (Å²) in [6.07, 6.45) is 1.16. The topological polar surface area (TPSA) is 50.7 Å². The van der Waals surface area contributed by atoms with Crippen molar-refractivity contribution in [3.8, 4) is 0 Å². The van der Waals surface area contributed by atoms with Crippen LogP contribution in [0.25, 0.3) is 0 Å². The van der Waals surface area contributed by atoms with E-state index in [9.17, 15) is 5.11 Å². The van der Waals surface area contributed by atoms with Gasteiger partial charge in [-0.25, -0.2) is 0 Å². The SMILES string of the molecule is CC(C)(O)CNCC1CCOCO1. The standard InChI is InChI=1S/C9H19NO3/c1-9(2,11)6-10-5-8-3-4-12-7-13-8/h8,10-11H,3-7H2,1-2H3. The fourth-order valence-corrected chi connectivity index (χ4v) is 1.20. The predicted octanol–water partition coefficient (Wildman–Crippen LogP) is 0.110. The summed E-state index contributed by atoms with van der Waals surface area (Å²) in [6, 6.07) is 0. The molecule has 0 spiro atoms. The van der Waals surface area contributed by atoms with Gasteiger partial charge in [0, 0.05) is 13.1 Å². The molecule has 0 bridgehead atoms. The molecule has 0 aromatic heterocycles. The van der Waals surface area contributed by atoms with E-state index in [4.69, 9.17) is 9.47 Å². The zero-order chi connectivity index (χ0) is 9.73. The number of rotatable bonds is 4. The van der Waals surface area contributed by atoms with Crippen LogP contribution in [0.15, 0.2) is 0 Å². The van der Waals surface area contributed by atoms with Crippen molar-refractivity contribution in [1.82, 2.24) is 5.32 Å². The monoisotopic (exact) mass is 189 g/mol. The lowest BCUT2D eigenvalue weighted by atomic mass is 10.1. The molecule has 0 aliphatic carbocycles. The van der Waals surface area contributed by atoms with Crippen LogP contribution in [0.4, 0.5) is 0 Å². The average Bonchev–Trinajstić information content (AvgIpc) is 2.04. The van der Waals surface area contributed by atoms with Gasteiger partial charge in [0.25, 0.3) is 0 Å². The van der Waals surface area contributed by atoms with Crippen molar-refractivity contribution in [3.05, 3.63) is 0 Å². The summed E-state index contributed by atoms with van der Waals surface area (Å²) >= 11 is 0. The average molecular weight is 189 g/mol. The second-order valence-corrected chi connectivity index (χ2v) is 4.05. The summed E-state index contributed by atoms with van der Waals surface area (Å²) in [6.45, 7) is 6.11. The molecule has 1 aliphatic rings. The van der Waals surface area contributed by atoms with E-state index in [2.05, 4.69) is 5.32 Å². The summed E-state index contributed by atoms with van der Waals surface area (Å²) in [4.78, 5) is 0. The molecule has 1 aliphatic heterocycles. The lowest BCUT2D eigenvalue weighted by Gasteiger charge is -2.25. The highest BCUT2D eigenvalue weighted by molar-refractivity contribution is 4.71. The van der Waals surface area contributed by atoms with Gasteiger partial charge in [-0.2, -0.15) is 0 Å². The molecule has 0 aromatic rings. The molecule has 0 radical (unpaired) electrons. The molecule has 78 valence electrons. The predicted molar refractivity (Wildman–Crippen MR) is 49.5 cm³/mol. The molecule has 1 rings (SSSR count). The van der Waals surface area contributed by atoms with Crippen LogP contribution < -0.4 is 5.32 Å². The number of aliphatic hydroxyl groups is 1.